The number of piperidine rings is 1. The molecule has 0 bridgehead atoms. The average molecular weight is 142 g/mol. The van der Waals surface area contributed by atoms with E-state index < -0.39 is 0 Å². The summed E-state index contributed by atoms with van der Waals surface area (Å²) in [6.07, 6.45) is 1.27. The SMILES string of the molecule is C=NC1CCNCC1OC. The monoisotopic (exact) mass is 142 g/mol. The minimum atomic E-state index is 0.228. The number of ether oxygens (including phenoxy) is 1. The second-order valence-electron chi connectivity index (χ2n) is 2.52. The van der Waals surface area contributed by atoms with E-state index >= 15 is 0 Å². The molecule has 0 aliphatic carbocycles. The molecule has 1 aliphatic heterocycles. The summed E-state index contributed by atoms with van der Waals surface area (Å²) in [5.74, 6) is 0. The summed E-state index contributed by atoms with van der Waals surface area (Å²) < 4.78 is 5.20. The van der Waals surface area contributed by atoms with Gasteiger partial charge in [0.2, 0.25) is 0 Å². The fraction of sp³-hybridized carbons (Fsp3) is 0.857. The molecule has 0 aromatic heterocycles. The molecule has 3 nitrogen and oxygen atoms in total. The van der Waals surface area contributed by atoms with Crippen LogP contribution in [-0.4, -0.2) is 39.1 Å². The van der Waals surface area contributed by atoms with E-state index in [1.54, 1.807) is 7.11 Å². The zero-order valence-corrected chi connectivity index (χ0v) is 6.34. The van der Waals surface area contributed by atoms with Crippen LogP contribution in [-0.2, 0) is 4.74 Å². The Morgan fingerprint density at radius 1 is 1.70 bits per heavy atom. The zero-order valence-electron chi connectivity index (χ0n) is 6.34. The van der Waals surface area contributed by atoms with Crippen molar-refractivity contribution in [1.82, 2.24) is 5.32 Å². The van der Waals surface area contributed by atoms with Crippen LogP contribution in [0.1, 0.15) is 6.42 Å². The Hall–Kier alpha value is -0.410. The Morgan fingerprint density at radius 3 is 3.00 bits per heavy atom. The summed E-state index contributed by atoms with van der Waals surface area (Å²) in [5, 5.41) is 3.24. The van der Waals surface area contributed by atoms with E-state index in [4.69, 9.17) is 4.74 Å². The summed E-state index contributed by atoms with van der Waals surface area (Å²) in [5.41, 5.74) is 0. The highest BCUT2D eigenvalue weighted by molar-refractivity contribution is 5.24. The van der Waals surface area contributed by atoms with Crippen molar-refractivity contribution in [2.24, 2.45) is 4.99 Å². The molecule has 1 aliphatic rings. The van der Waals surface area contributed by atoms with Crippen molar-refractivity contribution < 1.29 is 4.74 Å². The molecular weight excluding hydrogens is 128 g/mol. The molecule has 58 valence electrons. The number of hydrogen-bond donors (Lipinski definition) is 1. The molecule has 0 spiro atoms. The summed E-state index contributed by atoms with van der Waals surface area (Å²) >= 11 is 0. The molecule has 2 atom stereocenters. The van der Waals surface area contributed by atoms with E-state index in [1.807, 2.05) is 0 Å². The van der Waals surface area contributed by atoms with Gasteiger partial charge in [-0.1, -0.05) is 0 Å². The first kappa shape index (κ1) is 7.69. The number of hydrogen-bond acceptors (Lipinski definition) is 3. The maximum atomic E-state index is 5.20. The number of nitrogens with zero attached hydrogens (tertiary/aromatic N) is 1. The first-order chi connectivity index (χ1) is 4.88. The van der Waals surface area contributed by atoms with Crippen molar-refractivity contribution >= 4 is 6.72 Å². The molecule has 0 aromatic carbocycles. The predicted octanol–water partition coefficient (Wildman–Crippen LogP) is 0.0639. The normalized spacial score (nSPS) is 33.7. The van der Waals surface area contributed by atoms with Crippen molar-refractivity contribution in [3.8, 4) is 0 Å². The molecule has 0 amide bonds. The summed E-state index contributed by atoms with van der Waals surface area (Å²) in [6, 6.07) is 0.297. The van der Waals surface area contributed by atoms with Crippen molar-refractivity contribution in [2.45, 2.75) is 18.6 Å². The van der Waals surface area contributed by atoms with Gasteiger partial charge in [0.15, 0.2) is 0 Å². The first-order valence-corrected chi connectivity index (χ1v) is 3.58. The average Bonchev–Trinajstić information content (AvgIpc) is 2.04. The predicted molar refractivity (Wildman–Crippen MR) is 41.6 cm³/mol. The van der Waals surface area contributed by atoms with Gasteiger partial charge in [-0.25, -0.2) is 0 Å². The lowest BCUT2D eigenvalue weighted by Crippen LogP contribution is -2.44. The van der Waals surface area contributed by atoms with Crippen LogP contribution in [0.4, 0.5) is 0 Å². The van der Waals surface area contributed by atoms with Crippen molar-refractivity contribution in [3.05, 3.63) is 0 Å². The lowest BCUT2D eigenvalue weighted by atomic mass is 10.0. The van der Waals surface area contributed by atoms with Crippen molar-refractivity contribution in [1.29, 1.82) is 0 Å². The number of nitrogens with one attached hydrogen (secondary N) is 1. The molecule has 3 heteroatoms. The summed E-state index contributed by atoms with van der Waals surface area (Å²) in [6.45, 7) is 5.46. The topological polar surface area (TPSA) is 33.6 Å². The van der Waals surface area contributed by atoms with E-state index in [-0.39, 0.29) is 6.10 Å². The van der Waals surface area contributed by atoms with Gasteiger partial charge in [0.1, 0.15) is 0 Å². The second-order valence-corrected chi connectivity index (χ2v) is 2.52. The van der Waals surface area contributed by atoms with Crippen LogP contribution >= 0.6 is 0 Å². The number of rotatable bonds is 2. The number of aliphatic imine (C=N–C) groups is 1. The van der Waals surface area contributed by atoms with Gasteiger partial charge < -0.3 is 10.1 Å². The Balaban J connectivity index is 2.41. The summed E-state index contributed by atoms with van der Waals surface area (Å²) in [7, 11) is 1.72. The maximum Gasteiger partial charge on any atom is 0.0918 e. The van der Waals surface area contributed by atoms with Crippen LogP contribution in [0.5, 0.6) is 0 Å². The minimum absolute atomic E-state index is 0.228. The van der Waals surface area contributed by atoms with E-state index in [2.05, 4.69) is 17.0 Å². The number of methoxy groups -OCH3 is 1. The standard InChI is InChI=1S/C7H14N2O/c1-8-6-3-4-9-5-7(6)10-2/h6-7,9H,1,3-5H2,2H3. The molecule has 1 heterocycles. The van der Waals surface area contributed by atoms with Crippen LogP contribution in [0.3, 0.4) is 0 Å². The molecular formula is C7H14N2O. The van der Waals surface area contributed by atoms with Crippen LogP contribution < -0.4 is 5.32 Å². The largest absolute Gasteiger partial charge is 0.378 e. The molecule has 10 heavy (non-hydrogen) atoms. The summed E-state index contributed by atoms with van der Waals surface area (Å²) in [4.78, 5) is 3.98. The van der Waals surface area contributed by atoms with E-state index in [9.17, 15) is 0 Å². The quantitative estimate of drug-likeness (QED) is 0.553. The van der Waals surface area contributed by atoms with Gasteiger partial charge in [-0.3, -0.25) is 4.99 Å². The van der Waals surface area contributed by atoms with Crippen LogP contribution in [0, 0.1) is 0 Å². The molecule has 0 saturated carbocycles. The van der Waals surface area contributed by atoms with E-state index in [0.717, 1.165) is 19.5 Å². The Kier molecular flexibility index (Phi) is 2.83. The minimum Gasteiger partial charge on any atom is -0.378 e. The third-order valence-electron chi connectivity index (χ3n) is 1.93. The molecule has 1 N–H and O–H groups in total. The molecule has 1 rings (SSSR count). The van der Waals surface area contributed by atoms with Crippen molar-refractivity contribution in [2.75, 3.05) is 20.2 Å². The maximum absolute atomic E-state index is 5.20. The Bertz CT molecular complexity index is 116. The lowest BCUT2D eigenvalue weighted by Gasteiger charge is -2.27. The van der Waals surface area contributed by atoms with Gasteiger partial charge >= 0.3 is 0 Å². The van der Waals surface area contributed by atoms with Gasteiger partial charge in [0.05, 0.1) is 12.1 Å². The third-order valence-corrected chi connectivity index (χ3v) is 1.93. The van der Waals surface area contributed by atoms with E-state index in [0.29, 0.717) is 6.04 Å². The Labute approximate surface area is 61.5 Å². The van der Waals surface area contributed by atoms with Crippen LogP contribution in [0.15, 0.2) is 4.99 Å². The van der Waals surface area contributed by atoms with Gasteiger partial charge in [0.25, 0.3) is 0 Å². The van der Waals surface area contributed by atoms with Crippen LogP contribution in [0.2, 0.25) is 0 Å². The smallest absolute Gasteiger partial charge is 0.0918 e. The molecule has 2 unspecified atom stereocenters. The van der Waals surface area contributed by atoms with Crippen LogP contribution in [0.25, 0.3) is 0 Å². The zero-order chi connectivity index (χ0) is 7.40. The Morgan fingerprint density at radius 2 is 2.50 bits per heavy atom. The molecule has 1 fully saturated rings. The fourth-order valence-corrected chi connectivity index (χ4v) is 1.27. The first-order valence-electron chi connectivity index (χ1n) is 3.58. The molecule has 0 aromatic rings. The highest BCUT2D eigenvalue weighted by atomic mass is 16.5. The van der Waals surface area contributed by atoms with Gasteiger partial charge in [0, 0.05) is 13.7 Å². The van der Waals surface area contributed by atoms with Gasteiger partial charge in [-0.2, -0.15) is 0 Å². The fourth-order valence-electron chi connectivity index (χ4n) is 1.27. The lowest BCUT2D eigenvalue weighted by molar-refractivity contribution is 0.0657. The molecule has 1 saturated heterocycles. The molecule has 0 radical (unpaired) electrons. The van der Waals surface area contributed by atoms with E-state index in [1.165, 1.54) is 0 Å². The third kappa shape index (κ3) is 1.55. The second kappa shape index (κ2) is 3.68. The van der Waals surface area contributed by atoms with Gasteiger partial charge in [-0.15, -0.1) is 0 Å². The highest BCUT2D eigenvalue weighted by Gasteiger charge is 2.22. The van der Waals surface area contributed by atoms with Crippen molar-refractivity contribution in [3.63, 3.8) is 0 Å². The van der Waals surface area contributed by atoms with Gasteiger partial charge in [-0.05, 0) is 19.7 Å². The highest BCUT2D eigenvalue weighted by Crippen LogP contribution is 2.09.